The van der Waals surface area contributed by atoms with Crippen molar-refractivity contribution in [2.45, 2.75) is 71.1 Å². The molecule has 226 valence electrons. The lowest BCUT2D eigenvalue weighted by molar-refractivity contribution is -0.137. The van der Waals surface area contributed by atoms with Crippen molar-refractivity contribution < 1.29 is 50.8 Å². The third-order valence-electron chi connectivity index (χ3n) is 5.72. The molecule has 38 heavy (non-hydrogen) atoms. The fourth-order valence-electron chi connectivity index (χ4n) is 2.50. The van der Waals surface area contributed by atoms with Gasteiger partial charge in [-0.15, -0.1) is 0 Å². The molecule has 0 radical (unpaired) electrons. The molecule has 10 heteroatoms. The van der Waals surface area contributed by atoms with Gasteiger partial charge in [0.1, 0.15) is 0 Å². The lowest BCUT2D eigenvalue weighted by atomic mass is 9.93. The second-order valence-electron chi connectivity index (χ2n) is 9.26. The van der Waals surface area contributed by atoms with Crippen LogP contribution in [0, 0.1) is 10.8 Å². The van der Waals surface area contributed by atoms with E-state index in [2.05, 4.69) is 43.4 Å². The topological polar surface area (TPSA) is 199 Å². The van der Waals surface area contributed by atoms with E-state index >= 15 is 0 Å². The molecule has 9 N–H and O–H groups in total. The van der Waals surface area contributed by atoms with E-state index in [1.807, 2.05) is 0 Å². The van der Waals surface area contributed by atoms with Crippen molar-refractivity contribution >= 4 is 5.97 Å². The van der Waals surface area contributed by atoms with Crippen molar-refractivity contribution in [1.82, 2.24) is 0 Å². The molecule has 0 spiro atoms. The number of allylic oxidation sites excluding steroid dienone is 6. The van der Waals surface area contributed by atoms with Crippen molar-refractivity contribution in [2.75, 3.05) is 52.9 Å². The molecule has 0 unspecified atom stereocenters. The lowest BCUT2D eigenvalue weighted by Crippen LogP contribution is -2.37. The van der Waals surface area contributed by atoms with Crippen LogP contribution in [0.5, 0.6) is 0 Å². The van der Waals surface area contributed by atoms with E-state index in [1.54, 1.807) is 0 Å². The lowest BCUT2D eigenvalue weighted by Gasteiger charge is -2.23. The predicted molar refractivity (Wildman–Crippen MR) is 148 cm³/mol. The van der Waals surface area contributed by atoms with Crippen molar-refractivity contribution in [3.05, 3.63) is 36.5 Å². The van der Waals surface area contributed by atoms with E-state index in [-0.39, 0.29) is 0 Å². The van der Waals surface area contributed by atoms with Gasteiger partial charge in [-0.05, 0) is 38.5 Å². The maximum atomic E-state index is 10.3. The average molecular weight is 551 g/mol. The Hall–Kier alpha value is -1.63. The van der Waals surface area contributed by atoms with Crippen molar-refractivity contribution in [3.63, 3.8) is 0 Å². The minimum absolute atomic E-state index is 0.319. The van der Waals surface area contributed by atoms with Crippen LogP contribution in [0.1, 0.15) is 71.1 Å². The predicted octanol–water partition coefficient (Wildman–Crippen LogP) is 1.54. The molecule has 0 atom stereocenters. The molecule has 0 rings (SSSR count). The summed E-state index contributed by atoms with van der Waals surface area (Å²) in [4.78, 5) is 10.3. The Morgan fingerprint density at radius 1 is 0.526 bits per heavy atom. The summed E-state index contributed by atoms with van der Waals surface area (Å²) < 4.78 is 0. The van der Waals surface area contributed by atoms with E-state index in [9.17, 15) is 4.79 Å². The standard InChI is InChI=1S/C18H30O2.2C5H12O4/c1-2-3-4-5-6-7-8-9-10-11-12-13-14-15-16-17-18(19)20;2*6-1-5(2-7,3-8)4-9/h3-4,6-7,9-10H,2,5,8,11-17H2,1H3,(H,19,20);2*6-9H,1-4H2/b4-3-,7-6-,10-9-;;. The Bertz CT molecular complexity index is 527. The van der Waals surface area contributed by atoms with E-state index in [4.69, 9.17) is 46.0 Å². The van der Waals surface area contributed by atoms with Gasteiger partial charge < -0.3 is 46.0 Å². The molecule has 0 aromatic rings. The van der Waals surface area contributed by atoms with Crippen LogP contribution in [0.25, 0.3) is 0 Å². The van der Waals surface area contributed by atoms with Crippen LogP contribution >= 0.6 is 0 Å². The van der Waals surface area contributed by atoms with Gasteiger partial charge in [0.15, 0.2) is 0 Å². The van der Waals surface area contributed by atoms with E-state index in [0.717, 1.165) is 44.9 Å². The van der Waals surface area contributed by atoms with E-state index in [0.29, 0.717) is 6.42 Å². The van der Waals surface area contributed by atoms with Crippen LogP contribution in [0.15, 0.2) is 36.5 Å². The normalized spacial score (nSPS) is 12.0. The van der Waals surface area contributed by atoms with Crippen LogP contribution in [-0.2, 0) is 4.79 Å². The number of carboxylic acids is 1. The van der Waals surface area contributed by atoms with Gasteiger partial charge >= 0.3 is 5.97 Å². The maximum absolute atomic E-state index is 10.3. The summed E-state index contributed by atoms with van der Waals surface area (Å²) >= 11 is 0. The van der Waals surface area contributed by atoms with Gasteiger partial charge in [0.05, 0.1) is 63.7 Å². The van der Waals surface area contributed by atoms with E-state index < -0.39 is 69.7 Å². The molecule has 0 amide bonds. The second kappa shape index (κ2) is 29.9. The summed E-state index contributed by atoms with van der Waals surface area (Å²) in [5.74, 6) is -0.675. The molecule has 0 aromatic heterocycles. The first kappa shape index (κ1) is 40.9. The van der Waals surface area contributed by atoms with Crippen molar-refractivity contribution in [3.8, 4) is 0 Å². The Morgan fingerprint density at radius 2 is 0.868 bits per heavy atom. The summed E-state index contributed by atoms with van der Waals surface area (Å²) in [5, 5.41) is 76.5. The highest BCUT2D eigenvalue weighted by Gasteiger charge is 2.27. The highest BCUT2D eigenvalue weighted by molar-refractivity contribution is 5.66. The Labute approximate surface area is 228 Å². The minimum Gasteiger partial charge on any atom is -0.481 e. The highest BCUT2D eigenvalue weighted by Crippen LogP contribution is 2.12. The SMILES string of the molecule is CC/C=C\C/C=C\C/C=C\CCCCCCCC(=O)O.OCC(CO)(CO)CO.OCC(CO)(CO)CO. The second-order valence-corrected chi connectivity index (χ2v) is 9.26. The fraction of sp³-hybridized carbons (Fsp3) is 0.750. The number of hydrogen-bond donors (Lipinski definition) is 9. The molecule has 0 aliphatic heterocycles. The molecular weight excluding hydrogens is 496 g/mol. The minimum atomic E-state index is -1.11. The van der Waals surface area contributed by atoms with Gasteiger partial charge in [-0.1, -0.05) is 62.6 Å². The number of aliphatic hydroxyl groups excluding tert-OH is 8. The zero-order valence-corrected chi connectivity index (χ0v) is 23.1. The number of aliphatic carboxylic acids is 1. The van der Waals surface area contributed by atoms with Crippen LogP contribution in [-0.4, -0.2) is 105 Å². The first-order chi connectivity index (χ1) is 18.3. The molecule has 0 aromatic carbocycles. The molecule has 0 fully saturated rings. The average Bonchev–Trinajstić information content (AvgIpc) is 2.94. The van der Waals surface area contributed by atoms with Crippen LogP contribution < -0.4 is 0 Å². The number of carboxylic acid groups (broad SMARTS) is 1. The van der Waals surface area contributed by atoms with Crippen LogP contribution in [0.4, 0.5) is 0 Å². The zero-order valence-electron chi connectivity index (χ0n) is 23.1. The summed E-state index contributed by atoms with van der Waals surface area (Å²) in [6.07, 6.45) is 23.4. The highest BCUT2D eigenvalue weighted by atomic mass is 16.4. The van der Waals surface area contributed by atoms with Gasteiger partial charge in [-0.25, -0.2) is 0 Å². The van der Waals surface area contributed by atoms with Crippen LogP contribution in [0.2, 0.25) is 0 Å². The molecule has 0 aliphatic rings. The van der Waals surface area contributed by atoms with E-state index in [1.165, 1.54) is 12.8 Å². The first-order valence-corrected chi connectivity index (χ1v) is 13.3. The monoisotopic (exact) mass is 550 g/mol. The number of aliphatic hydroxyl groups is 8. The molecule has 0 aliphatic carbocycles. The molecule has 10 nitrogen and oxygen atoms in total. The Balaban J connectivity index is -0.000000563. The summed E-state index contributed by atoms with van der Waals surface area (Å²) in [6.45, 7) is -1.10. The quantitative estimate of drug-likeness (QED) is 0.0746. The Morgan fingerprint density at radius 3 is 1.21 bits per heavy atom. The van der Waals surface area contributed by atoms with Gasteiger partial charge in [0.25, 0.3) is 0 Å². The van der Waals surface area contributed by atoms with Gasteiger partial charge in [0, 0.05) is 6.42 Å². The van der Waals surface area contributed by atoms with Gasteiger partial charge in [-0.3, -0.25) is 4.79 Å². The van der Waals surface area contributed by atoms with Crippen LogP contribution in [0.3, 0.4) is 0 Å². The molecule has 0 heterocycles. The van der Waals surface area contributed by atoms with Gasteiger partial charge in [0.2, 0.25) is 0 Å². The summed E-state index contributed by atoms with van der Waals surface area (Å²) in [5.41, 5.74) is -2.22. The first-order valence-electron chi connectivity index (χ1n) is 13.3. The number of carbonyl (C=O) groups is 1. The molecule has 0 saturated carbocycles. The Kier molecular flexibility index (Phi) is 32.2. The number of rotatable bonds is 21. The van der Waals surface area contributed by atoms with Crippen molar-refractivity contribution in [1.29, 1.82) is 0 Å². The largest absolute Gasteiger partial charge is 0.481 e. The number of hydrogen-bond acceptors (Lipinski definition) is 9. The molecular formula is C28H54O10. The smallest absolute Gasteiger partial charge is 0.303 e. The summed E-state index contributed by atoms with van der Waals surface area (Å²) in [7, 11) is 0. The summed E-state index contributed by atoms with van der Waals surface area (Å²) in [6, 6.07) is 0. The number of unbranched alkanes of at least 4 members (excludes halogenated alkanes) is 5. The third kappa shape index (κ3) is 24.7. The van der Waals surface area contributed by atoms with Gasteiger partial charge in [-0.2, -0.15) is 0 Å². The maximum Gasteiger partial charge on any atom is 0.303 e. The zero-order chi connectivity index (χ0) is 29.5. The third-order valence-corrected chi connectivity index (χ3v) is 5.72. The molecule has 0 bridgehead atoms. The van der Waals surface area contributed by atoms with Crippen molar-refractivity contribution in [2.24, 2.45) is 10.8 Å². The fourth-order valence-corrected chi connectivity index (χ4v) is 2.50. The molecule has 0 saturated heterocycles.